The topological polar surface area (TPSA) is 35.2 Å². The first-order valence-electron chi connectivity index (χ1n) is 4.18. The summed E-state index contributed by atoms with van der Waals surface area (Å²) in [5.41, 5.74) is 9.47. The van der Waals surface area contributed by atoms with Gasteiger partial charge in [-0.3, -0.25) is 0 Å². The maximum atomic E-state index is 5.86. The van der Waals surface area contributed by atoms with Crippen molar-refractivity contribution in [2.24, 2.45) is 5.73 Å². The smallest absolute Gasteiger partial charge is 0.127 e. The molecule has 0 saturated heterocycles. The molecular weight excluding hydrogens is 150 g/mol. The molecular formula is C10H13NO. The molecule has 12 heavy (non-hydrogen) atoms. The Morgan fingerprint density at radius 3 is 2.92 bits per heavy atom. The van der Waals surface area contributed by atoms with Crippen LogP contribution in [0.4, 0.5) is 0 Å². The van der Waals surface area contributed by atoms with Gasteiger partial charge in [0.2, 0.25) is 0 Å². The number of aryl methyl sites for hydroxylation is 2. The molecule has 1 aromatic rings. The lowest BCUT2D eigenvalue weighted by atomic mass is 10.0. The molecule has 0 spiro atoms. The Balaban J connectivity index is 2.60. The fourth-order valence-electron chi connectivity index (χ4n) is 1.72. The average molecular weight is 163 g/mol. The summed E-state index contributed by atoms with van der Waals surface area (Å²) in [6.45, 7) is 4.77. The van der Waals surface area contributed by atoms with E-state index in [2.05, 4.69) is 26.0 Å². The predicted octanol–water partition coefficient (Wildman–Crippen LogP) is 1.70. The second kappa shape index (κ2) is 2.49. The fourth-order valence-corrected chi connectivity index (χ4v) is 1.72. The molecule has 1 atom stereocenters. The summed E-state index contributed by atoms with van der Waals surface area (Å²) in [6, 6.07) is 4.30. The van der Waals surface area contributed by atoms with Gasteiger partial charge in [0.05, 0.1) is 6.04 Å². The standard InChI is InChI=1S/C10H13NO/c1-6-3-7(2)10-8(4-6)9(11)5-12-10/h3-4,9H,5,11H2,1-2H3. The summed E-state index contributed by atoms with van der Waals surface area (Å²) < 4.78 is 5.47. The van der Waals surface area contributed by atoms with Gasteiger partial charge < -0.3 is 10.5 Å². The molecule has 2 rings (SSSR count). The molecule has 2 nitrogen and oxygen atoms in total. The number of hydrogen-bond donors (Lipinski definition) is 1. The van der Waals surface area contributed by atoms with Crippen molar-refractivity contribution in [3.63, 3.8) is 0 Å². The first-order chi connectivity index (χ1) is 5.68. The summed E-state index contributed by atoms with van der Waals surface area (Å²) in [7, 11) is 0. The van der Waals surface area contributed by atoms with E-state index in [1.807, 2.05) is 0 Å². The number of nitrogens with two attached hydrogens (primary N) is 1. The Morgan fingerprint density at radius 1 is 1.42 bits per heavy atom. The third-order valence-corrected chi connectivity index (χ3v) is 2.25. The van der Waals surface area contributed by atoms with E-state index in [1.54, 1.807) is 0 Å². The third-order valence-electron chi connectivity index (χ3n) is 2.25. The summed E-state index contributed by atoms with van der Waals surface area (Å²) in [5, 5.41) is 0. The van der Waals surface area contributed by atoms with Crippen LogP contribution in [0.3, 0.4) is 0 Å². The Hall–Kier alpha value is -1.02. The van der Waals surface area contributed by atoms with E-state index in [1.165, 1.54) is 11.1 Å². The number of rotatable bonds is 0. The number of hydrogen-bond acceptors (Lipinski definition) is 2. The first-order valence-corrected chi connectivity index (χ1v) is 4.18. The van der Waals surface area contributed by atoms with Gasteiger partial charge in [0, 0.05) is 5.56 Å². The van der Waals surface area contributed by atoms with Crippen molar-refractivity contribution in [1.82, 2.24) is 0 Å². The minimum absolute atomic E-state index is 0.0681. The van der Waals surface area contributed by atoms with Gasteiger partial charge in [0.15, 0.2) is 0 Å². The van der Waals surface area contributed by atoms with Gasteiger partial charge in [-0.25, -0.2) is 0 Å². The summed E-state index contributed by atoms with van der Waals surface area (Å²) in [5.74, 6) is 0.994. The van der Waals surface area contributed by atoms with E-state index in [0.29, 0.717) is 6.61 Å². The van der Waals surface area contributed by atoms with E-state index in [9.17, 15) is 0 Å². The van der Waals surface area contributed by atoms with Crippen LogP contribution in [0.15, 0.2) is 12.1 Å². The fraction of sp³-hybridized carbons (Fsp3) is 0.400. The molecule has 2 heteroatoms. The van der Waals surface area contributed by atoms with Crippen LogP contribution in [0.2, 0.25) is 0 Å². The summed E-state index contributed by atoms with van der Waals surface area (Å²) in [4.78, 5) is 0. The molecule has 1 unspecified atom stereocenters. The van der Waals surface area contributed by atoms with Crippen molar-refractivity contribution < 1.29 is 4.74 Å². The third kappa shape index (κ3) is 0.994. The Labute approximate surface area is 72.3 Å². The lowest BCUT2D eigenvalue weighted by Gasteiger charge is -2.05. The van der Waals surface area contributed by atoms with E-state index >= 15 is 0 Å². The molecule has 0 amide bonds. The zero-order valence-corrected chi connectivity index (χ0v) is 7.42. The molecule has 0 bridgehead atoms. The van der Waals surface area contributed by atoms with Crippen molar-refractivity contribution in [2.45, 2.75) is 19.9 Å². The van der Waals surface area contributed by atoms with Gasteiger partial charge in [0.1, 0.15) is 12.4 Å². The minimum Gasteiger partial charge on any atom is -0.491 e. The zero-order valence-electron chi connectivity index (χ0n) is 7.42. The van der Waals surface area contributed by atoms with Gasteiger partial charge >= 0.3 is 0 Å². The molecule has 0 saturated carbocycles. The van der Waals surface area contributed by atoms with E-state index in [-0.39, 0.29) is 6.04 Å². The van der Waals surface area contributed by atoms with Crippen LogP contribution in [-0.4, -0.2) is 6.61 Å². The molecule has 0 radical (unpaired) electrons. The van der Waals surface area contributed by atoms with Crippen LogP contribution in [0.1, 0.15) is 22.7 Å². The van der Waals surface area contributed by atoms with Crippen molar-refractivity contribution in [3.8, 4) is 5.75 Å². The monoisotopic (exact) mass is 163 g/mol. The average Bonchev–Trinajstić information content (AvgIpc) is 2.33. The lowest BCUT2D eigenvalue weighted by Crippen LogP contribution is -2.10. The van der Waals surface area contributed by atoms with Gasteiger partial charge in [-0.1, -0.05) is 17.7 Å². The Bertz CT molecular complexity index is 320. The molecule has 0 fully saturated rings. The zero-order chi connectivity index (χ0) is 8.72. The number of ether oxygens (including phenoxy) is 1. The van der Waals surface area contributed by atoms with Crippen molar-refractivity contribution >= 4 is 0 Å². The maximum Gasteiger partial charge on any atom is 0.127 e. The van der Waals surface area contributed by atoms with E-state index < -0.39 is 0 Å². The molecule has 1 aromatic carbocycles. The number of fused-ring (bicyclic) bond motifs is 1. The second-order valence-electron chi connectivity index (χ2n) is 3.42. The van der Waals surface area contributed by atoms with E-state index in [4.69, 9.17) is 10.5 Å². The van der Waals surface area contributed by atoms with Gasteiger partial charge in [0.25, 0.3) is 0 Å². The van der Waals surface area contributed by atoms with Crippen LogP contribution >= 0.6 is 0 Å². The van der Waals surface area contributed by atoms with Crippen molar-refractivity contribution in [2.75, 3.05) is 6.61 Å². The molecule has 1 aliphatic rings. The molecule has 1 aliphatic heterocycles. The predicted molar refractivity (Wildman–Crippen MR) is 48.3 cm³/mol. The second-order valence-corrected chi connectivity index (χ2v) is 3.42. The quantitative estimate of drug-likeness (QED) is 0.631. The normalized spacial score (nSPS) is 20.4. The highest BCUT2D eigenvalue weighted by Gasteiger charge is 2.22. The maximum absolute atomic E-state index is 5.86. The van der Waals surface area contributed by atoms with Crippen LogP contribution < -0.4 is 10.5 Å². The van der Waals surface area contributed by atoms with Crippen LogP contribution in [0, 0.1) is 13.8 Å². The summed E-state index contributed by atoms with van der Waals surface area (Å²) in [6.07, 6.45) is 0. The van der Waals surface area contributed by atoms with Crippen LogP contribution in [-0.2, 0) is 0 Å². The molecule has 0 aromatic heterocycles. The van der Waals surface area contributed by atoms with Gasteiger partial charge in [-0.05, 0) is 19.4 Å². The Morgan fingerprint density at radius 2 is 2.17 bits per heavy atom. The lowest BCUT2D eigenvalue weighted by molar-refractivity contribution is 0.331. The number of benzene rings is 1. The molecule has 1 heterocycles. The highest BCUT2D eigenvalue weighted by Crippen LogP contribution is 2.34. The highest BCUT2D eigenvalue weighted by atomic mass is 16.5. The van der Waals surface area contributed by atoms with Crippen LogP contribution in [0.5, 0.6) is 5.75 Å². The molecule has 2 N–H and O–H groups in total. The SMILES string of the molecule is Cc1cc(C)c2c(c1)C(N)CO2. The first kappa shape index (κ1) is 7.62. The molecule has 0 aliphatic carbocycles. The minimum atomic E-state index is 0.0681. The van der Waals surface area contributed by atoms with Gasteiger partial charge in [-0.15, -0.1) is 0 Å². The van der Waals surface area contributed by atoms with Crippen LogP contribution in [0.25, 0.3) is 0 Å². The van der Waals surface area contributed by atoms with Crippen molar-refractivity contribution in [3.05, 3.63) is 28.8 Å². The largest absolute Gasteiger partial charge is 0.491 e. The van der Waals surface area contributed by atoms with E-state index in [0.717, 1.165) is 11.3 Å². The van der Waals surface area contributed by atoms with Crippen molar-refractivity contribution in [1.29, 1.82) is 0 Å². The highest BCUT2D eigenvalue weighted by molar-refractivity contribution is 5.47. The summed E-state index contributed by atoms with van der Waals surface area (Å²) >= 11 is 0. The molecule has 64 valence electrons. The Kier molecular flexibility index (Phi) is 1.58. The van der Waals surface area contributed by atoms with Gasteiger partial charge in [-0.2, -0.15) is 0 Å².